The molecule has 0 bridgehead atoms. The number of nitrogens with zero attached hydrogens (tertiary/aromatic N) is 1. The molecule has 34 heavy (non-hydrogen) atoms. The van der Waals surface area contributed by atoms with Gasteiger partial charge in [-0.05, 0) is 25.0 Å². The second-order valence-electron chi connectivity index (χ2n) is 9.14. The fourth-order valence-electron chi connectivity index (χ4n) is 4.53. The number of anilines is 1. The standard InChI is InChI=1S/C26H36ClN3O4/c27-19-15-21(24(32)22(16-19)28-18-31)26-30-23(17-34-26)25(33)29-20-13-11-9-7-5-3-1-2-4-6-8-10-12-14-20/h15-18,20,32H,1-14H2,(H,28,31)(H,29,33). The molecule has 0 unspecified atom stereocenters. The van der Waals surface area contributed by atoms with Crippen LogP contribution < -0.4 is 10.6 Å². The van der Waals surface area contributed by atoms with Crippen LogP contribution in [-0.4, -0.2) is 28.4 Å². The molecule has 3 rings (SSSR count). The number of carbonyl (C=O) groups is 2. The third-order valence-corrected chi connectivity index (χ3v) is 6.66. The van der Waals surface area contributed by atoms with Crippen LogP contribution in [0.3, 0.4) is 0 Å². The lowest BCUT2D eigenvalue weighted by atomic mass is 10.0. The summed E-state index contributed by atoms with van der Waals surface area (Å²) in [5.41, 5.74) is 0.483. The van der Waals surface area contributed by atoms with E-state index in [0.717, 1.165) is 25.7 Å². The van der Waals surface area contributed by atoms with Crippen molar-refractivity contribution in [1.29, 1.82) is 0 Å². The summed E-state index contributed by atoms with van der Waals surface area (Å²) in [6, 6.07) is 3.00. The first kappa shape index (κ1) is 26.1. The van der Waals surface area contributed by atoms with Gasteiger partial charge in [-0.2, -0.15) is 0 Å². The van der Waals surface area contributed by atoms with Crippen molar-refractivity contribution in [3.05, 3.63) is 29.1 Å². The van der Waals surface area contributed by atoms with Gasteiger partial charge in [0.2, 0.25) is 12.3 Å². The maximum absolute atomic E-state index is 12.9. The highest BCUT2D eigenvalue weighted by molar-refractivity contribution is 6.31. The van der Waals surface area contributed by atoms with Gasteiger partial charge in [0.15, 0.2) is 11.4 Å². The monoisotopic (exact) mass is 489 g/mol. The minimum Gasteiger partial charge on any atom is -0.505 e. The van der Waals surface area contributed by atoms with Crippen LogP contribution in [0, 0.1) is 0 Å². The van der Waals surface area contributed by atoms with Crippen molar-refractivity contribution < 1.29 is 19.1 Å². The minimum absolute atomic E-state index is 0.0566. The van der Waals surface area contributed by atoms with Gasteiger partial charge >= 0.3 is 0 Å². The lowest BCUT2D eigenvalue weighted by Crippen LogP contribution is -2.35. The third kappa shape index (κ3) is 8.05. The number of halogens is 1. The lowest BCUT2D eigenvalue weighted by Gasteiger charge is -2.18. The van der Waals surface area contributed by atoms with Crippen molar-refractivity contribution in [3.8, 4) is 17.2 Å². The Balaban J connectivity index is 1.64. The third-order valence-electron chi connectivity index (χ3n) is 6.45. The number of phenols is 1. The first-order valence-corrected chi connectivity index (χ1v) is 13.0. The molecule has 2 amide bonds. The molecular formula is C26H36ClN3O4. The number of hydrogen-bond acceptors (Lipinski definition) is 5. The Labute approximate surface area is 206 Å². The van der Waals surface area contributed by atoms with Gasteiger partial charge in [0, 0.05) is 11.1 Å². The van der Waals surface area contributed by atoms with E-state index in [2.05, 4.69) is 15.6 Å². The highest BCUT2D eigenvalue weighted by Crippen LogP contribution is 2.37. The van der Waals surface area contributed by atoms with E-state index >= 15 is 0 Å². The summed E-state index contributed by atoms with van der Waals surface area (Å²) in [6.07, 6.45) is 18.8. The van der Waals surface area contributed by atoms with Crippen LogP contribution in [0.4, 0.5) is 5.69 Å². The number of nitrogens with one attached hydrogen (secondary N) is 2. The average Bonchev–Trinajstić information content (AvgIpc) is 3.30. The Morgan fingerprint density at radius 3 is 2.09 bits per heavy atom. The summed E-state index contributed by atoms with van der Waals surface area (Å²) < 4.78 is 5.47. The molecule has 0 atom stereocenters. The first-order chi connectivity index (χ1) is 16.6. The molecule has 8 heteroatoms. The quantitative estimate of drug-likeness (QED) is 0.315. The molecule has 7 nitrogen and oxygen atoms in total. The topological polar surface area (TPSA) is 104 Å². The average molecular weight is 490 g/mol. The zero-order valence-electron chi connectivity index (χ0n) is 19.8. The van der Waals surface area contributed by atoms with E-state index in [1.165, 1.54) is 82.6 Å². The minimum atomic E-state index is -0.286. The Kier molecular flexibility index (Phi) is 10.7. The molecule has 1 fully saturated rings. The molecular weight excluding hydrogens is 454 g/mol. The molecule has 1 aromatic carbocycles. The zero-order valence-corrected chi connectivity index (χ0v) is 20.5. The maximum Gasteiger partial charge on any atom is 0.273 e. The molecule has 3 N–H and O–H groups in total. The number of carbonyl (C=O) groups excluding carboxylic acids is 2. The molecule has 186 valence electrons. The SMILES string of the molecule is O=CNc1cc(Cl)cc(-c2nc(C(=O)NC3CCCCCCCCCCCCCC3)co2)c1O. The number of benzene rings is 1. The van der Waals surface area contributed by atoms with E-state index in [-0.39, 0.29) is 45.6 Å². The molecule has 0 aliphatic heterocycles. The number of oxazole rings is 1. The number of amides is 2. The van der Waals surface area contributed by atoms with Crippen LogP contribution in [0.2, 0.25) is 5.02 Å². The summed E-state index contributed by atoms with van der Waals surface area (Å²) in [4.78, 5) is 28.0. The molecule has 0 saturated heterocycles. The number of aromatic nitrogens is 1. The van der Waals surface area contributed by atoms with E-state index < -0.39 is 0 Å². The Morgan fingerprint density at radius 1 is 0.971 bits per heavy atom. The summed E-state index contributed by atoms with van der Waals surface area (Å²) >= 11 is 6.09. The molecule has 0 radical (unpaired) electrons. The Morgan fingerprint density at radius 2 is 1.53 bits per heavy atom. The first-order valence-electron chi connectivity index (χ1n) is 12.6. The smallest absolute Gasteiger partial charge is 0.273 e. The number of phenolic OH excluding ortho intramolecular Hbond substituents is 1. The summed E-state index contributed by atoms with van der Waals surface area (Å²) in [6.45, 7) is 0. The van der Waals surface area contributed by atoms with Gasteiger partial charge in [0.1, 0.15) is 6.26 Å². The summed E-state index contributed by atoms with van der Waals surface area (Å²) in [5.74, 6) is -0.459. The van der Waals surface area contributed by atoms with Crippen molar-refractivity contribution in [3.63, 3.8) is 0 Å². The molecule has 0 spiro atoms. The van der Waals surface area contributed by atoms with E-state index in [0.29, 0.717) is 6.41 Å². The van der Waals surface area contributed by atoms with Crippen molar-refractivity contribution >= 4 is 29.6 Å². The van der Waals surface area contributed by atoms with Crippen molar-refractivity contribution in [2.24, 2.45) is 0 Å². The van der Waals surface area contributed by atoms with Crippen LogP contribution in [-0.2, 0) is 4.79 Å². The van der Waals surface area contributed by atoms with Crippen molar-refractivity contribution in [1.82, 2.24) is 10.3 Å². The normalized spacial score (nSPS) is 17.3. The van der Waals surface area contributed by atoms with Gasteiger partial charge in [-0.1, -0.05) is 88.7 Å². The highest BCUT2D eigenvalue weighted by atomic mass is 35.5. The fourth-order valence-corrected chi connectivity index (χ4v) is 4.75. The predicted octanol–water partition coefficient (Wildman–Crippen LogP) is 6.84. The second-order valence-corrected chi connectivity index (χ2v) is 9.58. The van der Waals surface area contributed by atoms with E-state index in [9.17, 15) is 14.7 Å². The molecule has 1 saturated carbocycles. The van der Waals surface area contributed by atoms with Crippen LogP contribution in [0.1, 0.15) is 100 Å². The lowest BCUT2D eigenvalue weighted by molar-refractivity contribution is -0.105. The second kappa shape index (κ2) is 14.0. The van der Waals surface area contributed by atoms with Gasteiger partial charge in [0.05, 0.1) is 11.3 Å². The highest BCUT2D eigenvalue weighted by Gasteiger charge is 2.20. The van der Waals surface area contributed by atoms with Gasteiger partial charge in [-0.25, -0.2) is 4.98 Å². The van der Waals surface area contributed by atoms with Crippen LogP contribution >= 0.6 is 11.6 Å². The van der Waals surface area contributed by atoms with Gasteiger partial charge < -0.3 is 20.2 Å². The maximum atomic E-state index is 12.9. The van der Waals surface area contributed by atoms with E-state index in [1.54, 1.807) is 0 Å². The number of rotatable bonds is 5. The van der Waals surface area contributed by atoms with Gasteiger partial charge in [-0.15, -0.1) is 0 Å². The number of aromatic hydroxyl groups is 1. The zero-order chi connectivity index (χ0) is 24.2. The molecule has 1 aromatic heterocycles. The Bertz CT molecular complexity index is 915. The largest absolute Gasteiger partial charge is 0.505 e. The van der Waals surface area contributed by atoms with E-state index in [4.69, 9.17) is 16.0 Å². The molecule has 1 aliphatic rings. The van der Waals surface area contributed by atoms with Crippen molar-refractivity contribution in [2.45, 2.75) is 95.9 Å². The summed E-state index contributed by atoms with van der Waals surface area (Å²) in [5, 5.41) is 16.2. The van der Waals surface area contributed by atoms with Crippen LogP contribution in [0.15, 0.2) is 22.8 Å². The van der Waals surface area contributed by atoms with Gasteiger partial charge in [-0.3, -0.25) is 9.59 Å². The molecule has 1 heterocycles. The fraction of sp³-hybridized carbons (Fsp3) is 0.577. The van der Waals surface area contributed by atoms with Crippen LogP contribution in [0.25, 0.3) is 11.5 Å². The van der Waals surface area contributed by atoms with E-state index in [1.807, 2.05) is 0 Å². The predicted molar refractivity (Wildman–Crippen MR) is 134 cm³/mol. The van der Waals surface area contributed by atoms with Crippen molar-refractivity contribution in [2.75, 3.05) is 5.32 Å². The molecule has 2 aromatic rings. The van der Waals surface area contributed by atoms with Gasteiger partial charge in [0.25, 0.3) is 5.91 Å². The Hall–Kier alpha value is -2.54. The van der Waals surface area contributed by atoms with Crippen LogP contribution in [0.5, 0.6) is 5.75 Å². The molecule has 1 aliphatic carbocycles. The number of hydrogen-bond donors (Lipinski definition) is 3. The summed E-state index contributed by atoms with van der Waals surface area (Å²) in [7, 11) is 0.